The minimum Gasteiger partial charge on any atom is -0.443 e. The van der Waals surface area contributed by atoms with Gasteiger partial charge in [0.2, 0.25) is 11.9 Å². The molecule has 18 heteroatoms. The fraction of sp³-hybridized carbons (Fsp3) is 0.420. The number of nitrogens with zero attached hydrogens (tertiary/aromatic N) is 9. The van der Waals surface area contributed by atoms with Crippen molar-refractivity contribution in [2.24, 2.45) is 5.11 Å². The van der Waals surface area contributed by atoms with Gasteiger partial charge in [0.1, 0.15) is 5.60 Å². The Bertz CT molecular complexity index is 2420. The number of benzene rings is 2. The molecule has 3 heterocycles. The molecule has 6 N–H and O–H groups in total. The van der Waals surface area contributed by atoms with Gasteiger partial charge < -0.3 is 26.5 Å². The van der Waals surface area contributed by atoms with Gasteiger partial charge in [0.15, 0.2) is 11.7 Å². The average Bonchev–Trinajstić information content (AvgIpc) is 4.04. The highest BCUT2D eigenvalue weighted by Crippen LogP contribution is 2.15. The number of H-pyrrole nitrogens is 1. The first kappa shape index (κ1) is 57.0. The lowest BCUT2D eigenvalue weighted by molar-refractivity contribution is -0.117. The van der Waals surface area contributed by atoms with Crippen LogP contribution in [0.25, 0.3) is 22.6 Å². The van der Waals surface area contributed by atoms with Crippen molar-refractivity contribution in [3.8, 4) is 12.3 Å². The molecule has 2 aromatic carbocycles. The maximum absolute atomic E-state index is 12.3. The van der Waals surface area contributed by atoms with Crippen molar-refractivity contribution >= 4 is 54.2 Å². The number of anilines is 2. The second-order valence-electron chi connectivity index (χ2n) is 16.7. The van der Waals surface area contributed by atoms with E-state index in [1.54, 1.807) is 19.3 Å². The van der Waals surface area contributed by atoms with Crippen LogP contribution in [-0.2, 0) is 40.1 Å². The van der Waals surface area contributed by atoms with E-state index in [-0.39, 0.29) is 36.6 Å². The predicted octanol–water partition coefficient (Wildman–Crippen LogP) is 9.91. The van der Waals surface area contributed by atoms with E-state index >= 15 is 0 Å². The van der Waals surface area contributed by atoms with Crippen molar-refractivity contribution in [3.63, 3.8) is 0 Å². The highest BCUT2D eigenvalue weighted by Gasteiger charge is 2.20. The summed E-state index contributed by atoms with van der Waals surface area (Å²) in [6.07, 6.45) is 24.9. The van der Waals surface area contributed by atoms with Gasteiger partial charge in [-0.1, -0.05) is 83.8 Å². The number of nitrogens with one attached hydrogen (secondary N) is 2. The smallest absolute Gasteiger partial charge is 0.421 e. The van der Waals surface area contributed by atoms with Crippen LogP contribution >= 0.6 is 12.4 Å². The van der Waals surface area contributed by atoms with Crippen LogP contribution in [0.4, 0.5) is 16.7 Å². The Morgan fingerprint density at radius 2 is 1.50 bits per heavy atom. The third kappa shape index (κ3) is 23.9. The van der Waals surface area contributed by atoms with Crippen molar-refractivity contribution in [2.75, 3.05) is 24.6 Å². The Morgan fingerprint density at radius 1 is 0.882 bits per heavy atom. The molecule has 0 aliphatic heterocycles. The number of nitrogen functional groups attached to an aromatic ring is 2. The van der Waals surface area contributed by atoms with Crippen LogP contribution in [0.1, 0.15) is 121 Å². The molecule has 5 rings (SSSR count). The quantitative estimate of drug-likeness (QED) is 0.0128. The molecule has 0 bridgehead atoms. The molecule has 0 radical (unpaired) electrons. The van der Waals surface area contributed by atoms with Gasteiger partial charge in [0, 0.05) is 61.0 Å². The van der Waals surface area contributed by atoms with Crippen molar-refractivity contribution < 1.29 is 19.1 Å². The number of hydrogen-bond acceptors (Lipinski definition) is 11. The van der Waals surface area contributed by atoms with Gasteiger partial charge in [-0.3, -0.25) is 14.3 Å². The SMILES string of the molecule is C#CCCCCCc1cn(C(=O)OC(C)(C)C)c(N)n1.C/C(=C\c1ccccc1)C(=O)CCCn1cc(CCCCCc2cnc(N)[nH]2)nn1.C/C(=C\c1ccccc1)C(=O)NCCN=[N+]=[N-].Cl. The number of halogens is 1. The standard InChI is InChI=1S/C23H30N6O.C15H23N3O2.C12H14N4O.ClH/c1-18(15-19-9-4-2-5-10-19)22(30)13-8-14-29-17-21(27-28-29)12-7-3-6-11-20-16-25-23(24)26-20;1-5-6-7-8-9-10-12-11-18(13(16)17-12)14(19)20-15(2,3)4;1-10(9-11-5-3-2-4-6-11)12(17)14-7-8-15-16-13;/h2,4-5,9-10,15-17H,3,6-8,11-14H2,1H3,(H3,24,25,26);1,11H,6-10H2,2-4H3,(H2,16,17);2-6,9H,7-8H2,1H3,(H,14,17);1H/b18-15+;;10-9+;. The van der Waals surface area contributed by atoms with E-state index in [0.717, 1.165) is 104 Å². The summed E-state index contributed by atoms with van der Waals surface area (Å²) in [6, 6.07) is 19.5. The number of terminal acetylenes is 1. The Morgan fingerprint density at radius 3 is 2.10 bits per heavy atom. The molecule has 68 heavy (non-hydrogen) atoms. The number of aromatic amines is 1. The fourth-order valence-electron chi connectivity index (χ4n) is 6.34. The van der Waals surface area contributed by atoms with Crippen LogP contribution in [0.15, 0.2) is 95.5 Å². The molecule has 5 aromatic rings. The largest absolute Gasteiger partial charge is 0.443 e. The number of aryl methyl sites for hydroxylation is 4. The van der Waals surface area contributed by atoms with E-state index in [0.29, 0.717) is 31.0 Å². The van der Waals surface area contributed by atoms with Crippen molar-refractivity contribution in [3.05, 3.63) is 129 Å². The first-order chi connectivity index (χ1) is 32.2. The lowest BCUT2D eigenvalue weighted by Gasteiger charge is -2.19. The second kappa shape index (κ2) is 31.7. The number of allylic oxidation sites excluding steroid dienone is 1. The van der Waals surface area contributed by atoms with E-state index in [4.69, 9.17) is 28.2 Å². The van der Waals surface area contributed by atoms with Crippen LogP contribution in [0.3, 0.4) is 0 Å². The van der Waals surface area contributed by atoms with Gasteiger partial charge in [-0.25, -0.2) is 19.3 Å². The first-order valence-electron chi connectivity index (χ1n) is 22.6. The Balaban J connectivity index is 0.000000366. The number of aromatic nitrogens is 7. The summed E-state index contributed by atoms with van der Waals surface area (Å²) >= 11 is 0. The van der Waals surface area contributed by atoms with E-state index in [2.05, 4.69) is 46.5 Å². The van der Waals surface area contributed by atoms with Crippen molar-refractivity contribution in [1.82, 2.24) is 39.8 Å². The monoisotopic (exact) mass is 950 g/mol. The van der Waals surface area contributed by atoms with Crippen molar-refractivity contribution in [1.29, 1.82) is 0 Å². The molecule has 0 saturated heterocycles. The Labute approximate surface area is 406 Å². The lowest BCUT2D eigenvalue weighted by Crippen LogP contribution is -2.27. The van der Waals surface area contributed by atoms with Gasteiger partial charge in [0.25, 0.3) is 0 Å². The summed E-state index contributed by atoms with van der Waals surface area (Å²) in [4.78, 5) is 49.7. The van der Waals surface area contributed by atoms with E-state index < -0.39 is 11.7 Å². The molecule has 0 fully saturated rings. The van der Waals surface area contributed by atoms with Gasteiger partial charge in [0.05, 0.1) is 17.6 Å². The van der Waals surface area contributed by atoms with Crippen molar-refractivity contribution in [2.45, 2.75) is 124 Å². The number of rotatable bonds is 22. The van der Waals surface area contributed by atoms with Gasteiger partial charge in [-0.2, -0.15) is 0 Å². The molecule has 0 aliphatic rings. The van der Waals surface area contributed by atoms with Gasteiger partial charge in [-0.05, 0) is 120 Å². The summed E-state index contributed by atoms with van der Waals surface area (Å²) in [7, 11) is 0. The zero-order valence-corrected chi connectivity index (χ0v) is 40.9. The summed E-state index contributed by atoms with van der Waals surface area (Å²) in [5.41, 5.74) is 25.2. The number of carbonyl (C=O) groups is 3. The molecule has 0 unspecified atom stereocenters. The number of ether oxygens (including phenoxy) is 1. The van der Waals surface area contributed by atoms with Gasteiger partial charge in [-0.15, -0.1) is 29.8 Å². The van der Waals surface area contributed by atoms with E-state index in [1.807, 2.05) is 111 Å². The number of ketones is 1. The number of Topliss-reactive ketones (excluding diaryl/α,β-unsaturated/α-hetero) is 1. The fourth-order valence-corrected chi connectivity index (χ4v) is 6.34. The highest BCUT2D eigenvalue weighted by atomic mass is 35.5. The molecule has 0 saturated carbocycles. The second-order valence-corrected chi connectivity index (χ2v) is 16.7. The summed E-state index contributed by atoms with van der Waals surface area (Å²) in [6.45, 7) is 10.4. The minimum atomic E-state index is -0.552. The van der Waals surface area contributed by atoms with Crippen LogP contribution in [0, 0.1) is 12.3 Å². The third-order valence-electron chi connectivity index (χ3n) is 9.76. The molecular weight excluding hydrogens is 882 g/mol. The molecule has 364 valence electrons. The molecule has 0 atom stereocenters. The number of amides is 1. The van der Waals surface area contributed by atoms with Crippen LogP contribution in [0.2, 0.25) is 0 Å². The third-order valence-corrected chi connectivity index (χ3v) is 9.76. The molecule has 0 aliphatic carbocycles. The number of imidazole rings is 2. The Hall–Kier alpha value is -7.15. The maximum atomic E-state index is 12.3. The zero-order chi connectivity index (χ0) is 48.9. The number of hydrogen-bond donors (Lipinski definition) is 4. The van der Waals surface area contributed by atoms with Crippen LogP contribution in [-0.4, -0.2) is 71.0 Å². The van der Waals surface area contributed by atoms with Gasteiger partial charge >= 0.3 is 6.09 Å². The summed E-state index contributed by atoms with van der Waals surface area (Å²) in [5.74, 6) is 3.29. The Kier molecular flexibility index (Phi) is 26.6. The summed E-state index contributed by atoms with van der Waals surface area (Å²) in [5, 5.41) is 14.4. The van der Waals surface area contributed by atoms with E-state index in [1.165, 1.54) is 4.57 Å². The van der Waals surface area contributed by atoms with E-state index in [9.17, 15) is 14.4 Å². The highest BCUT2D eigenvalue weighted by molar-refractivity contribution is 5.99. The predicted molar refractivity (Wildman–Crippen MR) is 272 cm³/mol. The maximum Gasteiger partial charge on any atom is 0.421 e. The number of carbonyl (C=O) groups excluding carboxylic acids is 3. The summed E-state index contributed by atoms with van der Waals surface area (Å²) < 4.78 is 8.35. The van der Waals surface area contributed by atoms with Crippen LogP contribution < -0.4 is 16.8 Å². The minimum absolute atomic E-state index is 0. The number of azide groups is 1. The topological polar surface area (TPSA) is 250 Å². The first-order valence-corrected chi connectivity index (χ1v) is 22.6. The number of nitrogens with two attached hydrogens (primary N) is 2. The average molecular weight is 951 g/mol. The molecule has 1 amide bonds. The number of unbranched alkanes of at least 4 members (excludes halogenated alkanes) is 5. The molecule has 17 nitrogen and oxygen atoms in total. The zero-order valence-electron chi connectivity index (χ0n) is 40.1. The normalized spacial score (nSPS) is 11.1. The molecule has 0 spiro atoms. The molecule has 3 aromatic heterocycles. The van der Waals surface area contributed by atoms with Crippen LogP contribution in [0.5, 0.6) is 0 Å². The lowest BCUT2D eigenvalue weighted by atomic mass is 10.1. The molecular formula is C50H68ClN13O4.